The van der Waals surface area contributed by atoms with Crippen molar-refractivity contribution in [1.82, 2.24) is 5.32 Å². The molecule has 1 N–H and O–H groups in total. The molecule has 0 bridgehead atoms. The van der Waals surface area contributed by atoms with Crippen LogP contribution in [0.1, 0.15) is 46.2 Å². The van der Waals surface area contributed by atoms with Gasteiger partial charge in [-0.05, 0) is 52.4 Å². The highest BCUT2D eigenvalue weighted by Gasteiger charge is 2.13. The zero-order valence-corrected chi connectivity index (χ0v) is 14.7. The number of hydrogen-bond donors (Lipinski definition) is 1. The second kappa shape index (κ2) is 8.01. The summed E-state index contributed by atoms with van der Waals surface area (Å²) < 4.78 is 12.6. The molecule has 0 fully saturated rings. The van der Waals surface area contributed by atoms with E-state index in [0.717, 1.165) is 22.3 Å². The quantitative estimate of drug-likeness (QED) is 0.748. The van der Waals surface area contributed by atoms with Crippen molar-refractivity contribution in [2.75, 3.05) is 19.8 Å². The van der Waals surface area contributed by atoms with Crippen LogP contribution in [0.3, 0.4) is 0 Å². The molecule has 1 aromatic carbocycles. The van der Waals surface area contributed by atoms with Crippen molar-refractivity contribution in [2.45, 2.75) is 46.3 Å². The summed E-state index contributed by atoms with van der Waals surface area (Å²) in [5, 5.41) is 3.41. The SMILES string of the molecule is CCNC(C)c1cc(Br)ccc1OCCOC(C)(C)C. The van der Waals surface area contributed by atoms with Crippen molar-refractivity contribution in [3.05, 3.63) is 28.2 Å². The Kier molecular flexibility index (Phi) is 7.00. The molecule has 3 nitrogen and oxygen atoms in total. The summed E-state index contributed by atoms with van der Waals surface area (Å²) >= 11 is 3.52. The third-order valence-corrected chi connectivity index (χ3v) is 3.32. The average molecular weight is 344 g/mol. The molecule has 0 saturated heterocycles. The van der Waals surface area contributed by atoms with Gasteiger partial charge in [-0.1, -0.05) is 22.9 Å². The van der Waals surface area contributed by atoms with Crippen LogP contribution in [-0.4, -0.2) is 25.4 Å². The summed E-state index contributed by atoms with van der Waals surface area (Å²) in [5.74, 6) is 0.916. The van der Waals surface area contributed by atoms with Gasteiger partial charge >= 0.3 is 0 Å². The lowest BCUT2D eigenvalue weighted by molar-refractivity contribution is -0.0164. The number of ether oxygens (including phenoxy) is 2. The number of benzene rings is 1. The third kappa shape index (κ3) is 6.25. The van der Waals surface area contributed by atoms with Crippen LogP contribution in [-0.2, 0) is 4.74 Å². The fourth-order valence-corrected chi connectivity index (χ4v) is 2.28. The topological polar surface area (TPSA) is 30.5 Å². The Hall–Kier alpha value is -0.580. The molecule has 0 radical (unpaired) electrons. The standard InChI is InChI=1S/C16H26BrNO2/c1-6-18-12(2)14-11-13(17)7-8-15(14)19-9-10-20-16(3,4)5/h7-8,11-12,18H,6,9-10H2,1-5H3. The van der Waals surface area contributed by atoms with Crippen LogP contribution in [0.4, 0.5) is 0 Å². The van der Waals surface area contributed by atoms with Crippen molar-refractivity contribution in [1.29, 1.82) is 0 Å². The summed E-state index contributed by atoms with van der Waals surface area (Å²) in [6.45, 7) is 12.5. The summed E-state index contributed by atoms with van der Waals surface area (Å²) in [5.41, 5.74) is 1.04. The fraction of sp³-hybridized carbons (Fsp3) is 0.625. The molecule has 1 aromatic rings. The Morgan fingerprint density at radius 2 is 1.95 bits per heavy atom. The Morgan fingerprint density at radius 3 is 2.55 bits per heavy atom. The Balaban J connectivity index is 2.64. The zero-order valence-electron chi connectivity index (χ0n) is 13.1. The van der Waals surface area contributed by atoms with Gasteiger partial charge in [0.05, 0.1) is 12.2 Å². The van der Waals surface area contributed by atoms with Gasteiger partial charge in [-0.2, -0.15) is 0 Å². The van der Waals surface area contributed by atoms with Crippen molar-refractivity contribution in [3.8, 4) is 5.75 Å². The molecule has 114 valence electrons. The zero-order chi connectivity index (χ0) is 15.2. The molecule has 1 rings (SSSR count). The number of rotatable bonds is 7. The number of hydrogen-bond acceptors (Lipinski definition) is 3. The Labute approximate surface area is 131 Å². The number of halogens is 1. The lowest BCUT2D eigenvalue weighted by Crippen LogP contribution is -2.23. The molecule has 0 aromatic heterocycles. The van der Waals surface area contributed by atoms with Crippen LogP contribution in [0.15, 0.2) is 22.7 Å². The van der Waals surface area contributed by atoms with Gasteiger partial charge in [-0.3, -0.25) is 0 Å². The normalized spacial score (nSPS) is 13.3. The van der Waals surface area contributed by atoms with E-state index < -0.39 is 0 Å². The lowest BCUT2D eigenvalue weighted by atomic mass is 10.1. The second-order valence-corrected chi connectivity index (χ2v) is 6.69. The molecular weight excluding hydrogens is 318 g/mol. The first kappa shape index (κ1) is 17.5. The van der Waals surface area contributed by atoms with Crippen LogP contribution >= 0.6 is 15.9 Å². The van der Waals surface area contributed by atoms with E-state index in [1.165, 1.54) is 0 Å². The molecule has 0 aliphatic carbocycles. The van der Waals surface area contributed by atoms with E-state index in [2.05, 4.69) is 41.2 Å². The maximum absolute atomic E-state index is 5.87. The molecule has 1 unspecified atom stereocenters. The molecule has 0 aliphatic heterocycles. The molecule has 0 amide bonds. The first-order valence-corrected chi connectivity index (χ1v) is 7.92. The van der Waals surface area contributed by atoms with E-state index in [1.54, 1.807) is 0 Å². The maximum Gasteiger partial charge on any atom is 0.124 e. The van der Waals surface area contributed by atoms with Gasteiger partial charge in [-0.25, -0.2) is 0 Å². The van der Waals surface area contributed by atoms with Crippen LogP contribution in [0.25, 0.3) is 0 Å². The molecule has 0 spiro atoms. The molecule has 0 aliphatic rings. The van der Waals surface area contributed by atoms with Crippen molar-refractivity contribution >= 4 is 15.9 Å². The smallest absolute Gasteiger partial charge is 0.124 e. The molecule has 4 heteroatoms. The van der Waals surface area contributed by atoms with Gasteiger partial charge in [0.2, 0.25) is 0 Å². The average Bonchev–Trinajstić information content (AvgIpc) is 2.35. The molecule has 0 saturated carbocycles. The van der Waals surface area contributed by atoms with Gasteiger partial charge in [0.15, 0.2) is 0 Å². The van der Waals surface area contributed by atoms with Crippen molar-refractivity contribution in [2.24, 2.45) is 0 Å². The summed E-state index contributed by atoms with van der Waals surface area (Å²) in [7, 11) is 0. The minimum atomic E-state index is -0.122. The molecule has 1 atom stereocenters. The monoisotopic (exact) mass is 343 g/mol. The first-order valence-electron chi connectivity index (χ1n) is 7.13. The van der Waals surface area contributed by atoms with E-state index in [9.17, 15) is 0 Å². The van der Waals surface area contributed by atoms with E-state index in [0.29, 0.717) is 13.2 Å². The van der Waals surface area contributed by atoms with Gasteiger partial charge in [0, 0.05) is 16.1 Å². The van der Waals surface area contributed by atoms with E-state index in [-0.39, 0.29) is 11.6 Å². The minimum Gasteiger partial charge on any atom is -0.491 e. The van der Waals surface area contributed by atoms with Crippen molar-refractivity contribution < 1.29 is 9.47 Å². The Morgan fingerprint density at radius 1 is 1.25 bits per heavy atom. The second-order valence-electron chi connectivity index (χ2n) is 5.77. The molecule has 0 heterocycles. The Bertz CT molecular complexity index is 415. The predicted molar refractivity (Wildman–Crippen MR) is 87.4 cm³/mol. The fourth-order valence-electron chi connectivity index (χ4n) is 1.90. The van der Waals surface area contributed by atoms with Crippen LogP contribution in [0, 0.1) is 0 Å². The van der Waals surface area contributed by atoms with Crippen LogP contribution in [0.2, 0.25) is 0 Å². The molecule has 20 heavy (non-hydrogen) atoms. The summed E-state index contributed by atoms with van der Waals surface area (Å²) in [6.07, 6.45) is 0. The van der Waals surface area contributed by atoms with Crippen LogP contribution < -0.4 is 10.1 Å². The van der Waals surface area contributed by atoms with Gasteiger partial charge < -0.3 is 14.8 Å². The third-order valence-electron chi connectivity index (χ3n) is 2.82. The summed E-state index contributed by atoms with van der Waals surface area (Å²) in [4.78, 5) is 0. The largest absolute Gasteiger partial charge is 0.491 e. The number of nitrogens with one attached hydrogen (secondary N) is 1. The van der Waals surface area contributed by atoms with Crippen molar-refractivity contribution in [3.63, 3.8) is 0 Å². The van der Waals surface area contributed by atoms with Gasteiger partial charge in [0.25, 0.3) is 0 Å². The van der Waals surface area contributed by atoms with Crippen LogP contribution in [0.5, 0.6) is 5.75 Å². The maximum atomic E-state index is 5.87. The highest BCUT2D eigenvalue weighted by Crippen LogP contribution is 2.28. The predicted octanol–water partition coefficient (Wildman–Crippen LogP) is 4.31. The van der Waals surface area contributed by atoms with Gasteiger partial charge in [-0.15, -0.1) is 0 Å². The van der Waals surface area contributed by atoms with Gasteiger partial charge in [0.1, 0.15) is 12.4 Å². The highest BCUT2D eigenvalue weighted by atomic mass is 79.9. The first-order chi connectivity index (χ1) is 9.33. The minimum absolute atomic E-state index is 0.122. The van der Waals surface area contributed by atoms with E-state index in [1.807, 2.05) is 32.9 Å². The van der Waals surface area contributed by atoms with E-state index in [4.69, 9.17) is 9.47 Å². The molecular formula is C16H26BrNO2. The lowest BCUT2D eigenvalue weighted by Gasteiger charge is -2.21. The highest BCUT2D eigenvalue weighted by molar-refractivity contribution is 9.10. The summed E-state index contributed by atoms with van der Waals surface area (Å²) in [6, 6.07) is 6.37. The van der Waals surface area contributed by atoms with E-state index >= 15 is 0 Å².